The van der Waals surface area contributed by atoms with Crippen molar-refractivity contribution in [2.24, 2.45) is 0 Å². The minimum atomic E-state index is -0.691. The number of hydrogen-bond acceptors (Lipinski definition) is 3. The third-order valence-electron chi connectivity index (χ3n) is 3.74. The van der Waals surface area contributed by atoms with Crippen LogP contribution < -0.4 is 0 Å². The third-order valence-corrected chi connectivity index (χ3v) is 3.74. The lowest BCUT2D eigenvalue weighted by Crippen LogP contribution is -2.45. The maximum absolute atomic E-state index is 10.5. The highest BCUT2D eigenvalue weighted by atomic mass is 16.4. The van der Waals surface area contributed by atoms with Crippen LogP contribution in [0.2, 0.25) is 0 Å². The Kier molecular flexibility index (Phi) is 5.22. The summed E-state index contributed by atoms with van der Waals surface area (Å²) in [6.07, 6.45) is 3.42. The predicted molar refractivity (Wildman–Crippen MR) is 64.6 cm³/mol. The van der Waals surface area contributed by atoms with E-state index < -0.39 is 5.97 Å². The Morgan fingerprint density at radius 3 is 2.56 bits per heavy atom. The molecule has 1 rings (SSSR count). The zero-order valence-electron chi connectivity index (χ0n) is 10.6. The van der Waals surface area contributed by atoms with Crippen LogP contribution >= 0.6 is 0 Å². The largest absolute Gasteiger partial charge is 0.481 e. The summed E-state index contributed by atoms with van der Waals surface area (Å²) >= 11 is 0. The van der Waals surface area contributed by atoms with Crippen LogP contribution in [0.5, 0.6) is 0 Å². The summed E-state index contributed by atoms with van der Waals surface area (Å²) in [5.41, 5.74) is 0. The molecular formula is C12H24N2O2. The molecule has 1 saturated heterocycles. The summed E-state index contributed by atoms with van der Waals surface area (Å²) in [4.78, 5) is 15.2. The summed E-state index contributed by atoms with van der Waals surface area (Å²) in [6.45, 7) is 4.43. The van der Waals surface area contributed by atoms with Crippen LogP contribution in [-0.2, 0) is 4.79 Å². The van der Waals surface area contributed by atoms with Gasteiger partial charge in [-0.1, -0.05) is 0 Å². The first-order valence-electron chi connectivity index (χ1n) is 6.13. The monoisotopic (exact) mass is 228 g/mol. The van der Waals surface area contributed by atoms with Gasteiger partial charge in [-0.3, -0.25) is 4.79 Å². The van der Waals surface area contributed by atoms with Gasteiger partial charge in [-0.25, -0.2) is 0 Å². The average Bonchev–Trinajstić information content (AvgIpc) is 2.26. The van der Waals surface area contributed by atoms with Gasteiger partial charge in [0.15, 0.2) is 0 Å². The van der Waals surface area contributed by atoms with Crippen molar-refractivity contribution in [3.05, 3.63) is 0 Å². The number of hydrogen-bond donors (Lipinski definition) is 1. The molecule has 1 unspecified atom stereocenters. The number of carboxylic acids is 1. The predicted octanol–water partition coefficient (Wildman–Crippen LogP) is 1.27. The van der Waals surface area contributed by atoms with Gasteiger partial charge in [0.05, 0.1) is 0 Å². The first kappa shape index (κ1) is 13.5. The van der Waals surface area contributed by atoms with Crippen LogP contribution in [0.4, 0.5) is 0 Å². The van der Waals surface area contributed by atoms with Gasteiger partial charge in [0, 0.05) is 18.5 Å². The number of piperidine rings is 1. The molecule has 1 fully saturated rings. The van der Waals surface area contributed by atoms with E-state index in [0.29, 0.717) is 12.1 Å². The highest BCUT2D eigenvalue weighted by Crippen LogP contribution is 2.18. The van der Waals surface area contributed by atoms with Crippen molar-refractivity contribution in [3.8, 4) is 0 Å². The molecule has 0 aliphatic carbocycles. The Labute approximate surface area is 98.2 Å². The van der Waals surface area contributed by atoms with Crippen molar-refractivity contribution in [2.75, 3.05) is 27.2 Å². The standard InChI is InChI=1S/C12H24N2O2/c1-10(4-5-12(15)16)14(3)11-6-8-13(2)9-7-11/h10-11H,4-9H2,1-3H3,(H,15,16). The van der Waals surface area contributed by atoms with Gasteiger partial charge in [0.1, 0.15) is 0 Å². The van der Waals surface area contributed by atoms with Crippen LogP contribution in [0.15, 0.2) is 0 Å². The van der Waals surface area contributed by atoms with E-state index >= 15 is 0 Å². The molecule has 0 aromatic heterocycles. The van der Waals surface area contributed by atoms with Crippen molar-refractivity contribution in [3.63, 3.8) is 0 Å². The molecule has 0 amide bonds. The summed E-state index contributed by atoms with van der Waals surface area (Å²) in [6, 6.07) is 0.990. The topological polar surface area (TPSA) is 43.8 Å². The third kappa shape index (κ3) is 4.10. The van der Waals surface area contributed by atoms with Crippen LogP contribution in [0.3, 0.4) is 0 Å². The van der Waals surface area contributed by atoms with Gasteiger partial charge in [-0.2, -0.15) is 0 Å². The summed E-state index contributed by atoms with van der Waals surface area (Å²) in [7, 11) is 4.28. The van der Waals surface area contributed by atoms with Gasteiger partial charge in [-0.05, 0) is 53.4 Å². The molecule has 0 radical (unpaired) electrons. The van der Waals surface area contributed by atoms with Gasteiger partial charge < -0.3 is 14.9 Å². The van der Waals surface area contributed by atoms with E-state index in [1.807, 2.05) is 0 Å². The Bertz CT molecular complexity index is 225. The molecule has 0 aromatic rings. The Morgan fingerprint density at radius 2 is 2.06 bits per heavy atom. The minimum absolute atomic E-state index is 0.276. The van der Waals surface area contributed by atoms with E-state index in [4.69, 9.17) is 5.11 Å². The summed E-state index contributed by atoms with van der Waals surface area (Å²) in [5, 5.41) is 8.66. The maximum atomic E-state index is 10.5. The zero-order valence-corrected chi connectivity index (χ0v) is 10.6. The molecule has 94 valence electrons. The Morgan fingerprint density at radius 1 is 1.50 bits per heavy atom. The smallest absolute Gasteiger partial charge is 0.303 e. The van der Waals surface area contributed by atoms with Gasteiger partial charge in [0.25, 0.3) is 0 Å². The number of carbonyl (C=O) groups is 1. The second kappa shape index (κ2) is 6.21. The quantitative estimate of drug-likeness (QED) is 0.769. The molecule has 1 aliphatic rings. The fourth-order valence-corrected chi connectivity index (χ4v) is 2.30. The van der Waals surface area contributed by atoms with E-state index in [-0.39, 0.29) is 6.42 Å². The molecule has 1 N–H and O–H groups in total. The molecule has 1 atom stereocenters. The highest BCUT2D eigenvalue weighted by Gasteiger charge is 2.23. The molecule has 4 heteroatoms. The van der Waals surface area contributed by atoms with E-state index in [1.54, 1.807) is 0 Å². The average molecular weight is 228 g/mol. The maximum Gasteiger partial charge on any atom is 0.303 e. The lowest BCUT2D eigenvalue weighted by Gasteiger charge is -2.38. The van der Waals surface area contributed by atoms with Crippen LogP contribution in [0.25, 0.3) is 0 Å². The van der Waals surface area contributed by atoms with E-state index in [0.717, 1.165) is 19.5 Å². The van der Waals surface area contributed by atoms with Crippen LogP contribution in [-0.4, -0.2) is 60.1 Å². The van der Waals surface area contributed by atoms with Crippen molar-refractivity contribution in [1.29, 1.82) is 0 Å². The molecule has 1 heterocycles. The van der Waals surface area contributed by atoms with Crippen molar-refractivity contribution in [1.82, 2.24) is 9.80 Å². The lowest BCUT2D eigenvalue weighted by molar-refractivity contribution is -0.137. The number of nitrogens with zero attached hydrogens (tertiary/aromatic N) is 2. The molecule has 0 spiro atoms. The zero-order chi connectivity index (χ0) is 12.1. The summed E-state index contributed by atoms with van der Waals surface area (Å²) in [5.74, 6) is -0.691. The minimum Gasteiger partial charge on any atom is -0.481 e. The van der Waals surface area contributed by atoms with E-state index in [2.05, 4.69) is 30.8 Å². The second-order valence-corrected chi connectivity index (χ2v) is 4.98. The number of carboxylic acid groups (broad SMARTS) is 1. The molecule has 0 saturated carbocycles. The molecule has 16 heavy (non-hydrogen) atoms. The molecule has 1 aliphatic heterocycles. The Balaban J connectivity index is 2.32. The van der Waals surface area contributed by atoms with Crippen molar-refractivity contribution in [2.45, 2.75) is 44.7 Å². The SMILES string of the molecule is CC(CCC(=O)O)N(C)C1CCN(C)CC1. The highest BCUT2D eigenvalue weighted by molar-refractivity contribution is 5.66. The van der Waals surface area contributed by atoms with Gasteiger partial charge in [0.2, 0.25) is 0 Å². The van der Waals surface area contributed by atoms with E-state index in [1.165, 1.54) is 12.8 Å². The molecule has 0 aromatic carbocycles. The number of rotatable bonds is 5. The fraction of sp³-hybridized carbons (Fsp3) is 0.917. The van der Waals surface area contributed by atoms with Crippen molar-refractivity contribution < 1.29 is 9.90 Å². The second-order valence-electron chi connectivity index (χ2n) is 4.98. The molecular weight excluding hydrogens is 204 g/mol. The van der Waals surface area contributed by atoms with Gasteiger partial charge in [-0.15, -0.1) is 0 Å². The fourth-order valence-electron chi connectivity index (χ4n) is 2.30. The van der Waals surface area contributed by atoms with Crippen LogP contribution in [0, 0.1) is 0 Å². The number of likely N-dealkylation sites (tertiary alicyclic amines) is 1. The first-order valence-corrected chi connectivity index (χ1v) is 6.13. The lowest BCUT2D eigenvalue weighted by atomic mass is 10.0. The van der Waals surface area contributed by atoms with Crippen molar-refractivity contribution >= 4 is 5.97 Å². The first-order chi connectivity index (χ1) is 7.50. The van der Waals surface area contributed by atoms with Crippen LogP contribution in [0.1, 0.15) is 32.6 Å². The van der Waals surface area contributed by atoms with E-state index in [9.17, 15) is 4.79 Å². The van der Waals surface area contributed by atoms with Gasteiger partial charge >= 0.3 is 5.97 Å². The summed E-state index contributed by atoms with van der Waals surface area (Å²) < 4.78 is 0. The molecule has 4 nitrogen and oxygen atoms in total. The number of aliphatic carboxylic acids is 1. The Hall–Kier alpha value is -0.610. The normalized spacial score (nSPS) is 21.2. The molecule has 0 bridgehead atoms.